The number of aliphatic hydroxyl groups is 2. The fraction of sp³-hybridized carbons (Fsp3) is 0.565. The average molecular weight is 384 g/mol. The lowest BCUT2D eigenvalue weighted by molar-refractivity contribution is -0.346. The van der Waals surface area contributed by atoms with Gasteiger partial charge in [0, 0.05) is 6.07 Å². The summed E-state index contributed by atoms with van der Waals surface area (Å²) in [7, 11) is 0. The number of aliphatic carboxylic acids is 1. The molecule has 0 amide bonds. The van der Waals surface area contributed by atoms with Gasteiger partial charge >= 0.3 is 5.97 Å². The van der Waals surface area contributed by atoms with Gasteiger partial charge in [-0.05, 0) is 62.3 Å². The first kappa shape index (κ1) is 19.3. The molecule has 0 radical (unpaired) electrons. The fourth-order valence-electron chi connectivity index (χ4n) is 6.27. The van der Waals surface area contributed by atoms with Crippen molar-refractivity contribution in [2.24, 2.45) is 22.7 Å². The molecule has 2 aliphatic carbocycles. The molecule has 5 nitrogen and oxygen atoms in total. The minimum absolute atomic E-state index is 0.0216. The monoisotopic (exact) mass is 384 g/mol. The number of aliphatic hydroxyl groups excluding tert-OH is 1. The lowest BCUT2D eigenvalue weighted by Crippen LogP contribution is -2.61. The zero-order valence-electron chi connectivity index (χ0n) is 16.6. The molecule has 28 heavy (non-hydrogen) atoms. The molecule has 5 heteroatoms. The molecule has 0 bridgehead atoms. The third kappa shape index (κ3) is 2.52. The van der Waals surface area contributed by atoms with Crippen LogP contribution in [0.3, 0.4) is 0 Å². The summed E-state index contributed by atoms with van der Waals surface area (Å²) < 4.78 is 0. The van der Waals surface area contributed by atoms with E-state index in [0.29, 0.717) is 19.3 Å². The van der Waals surface area contributed by atoms with Crippen LogP contribution in [0.5, 0.6) is 0 Å². The summed E-state index contributed by atoms with van der Waals surface area (Å²) in [6, 6.07) is 7.73. The van der Waals surface area contributed by atoms with E-state index in [2.05, 4.69) is 18.5 Å². The fourth-order valence-corrected chi connectivity index (χ4v) is 6.27. The van der Waals surface area contributed by atoms with Crippen molar-refractivity contribution in [2.45, 2.75) is 57.7 Å². The number of carboxylic acids is 1. The van der Waals surface area contributed by atoms with Crippen molar-refractivity contribution in [3.63, 3.8) is 0 Å². The van der Waals surface area contributed by atoms with E-state index in [1.807, 2.05) is 24.3 Å². The molecule has 0 spiro atoms. The lowest BCUT2D eigenvalue weighted by Gasteiger charge is -2.59. The summed E-state index contributed by atoms with van der Waals surface area (Å²) in [5, 5.41) is 32.1. The number of hydrogen-bond donors (Lipinski definition) is 4. The molecule has 150 valence electrons. The van der Waals surface area contributed by atoms with Crippen LogP contribution in [0.4, 0.5) is 5.69 Å². The number of carbonyl (C=O) groups is 1. The van der Waals surface area contributed by atoms with Crippen molar-refractivity contribution in [1.82, 2.24) is 0 Å². The average Bonchev–Trinajstić information content (AvgIpc) is 2.99. The second-order valence-corrected chi connectivity index (χ2v) is 9.41. The molecule has 6 atom stereocenters. The maximum absolute atomic E-state index is 12.2. The van der Waals surface area contributed by atoms with Crippen molar-refractivity contribution in [2.75, 3.05) is 0 Å². The van der Waals surface area contributed by atoms with Gasteiger partial charge < -0.3 is 15.3 Å². The van der Waals surface area contributed by atoms with Crippen molar-refractivity contribution < 1.29 is 25.1 Å². The van der Waals surface area contributed by atoms with Gasteiger partial charge in [-0.3, -0.25) is 4.79 Å². The van der Waals surface area contributed by atoms with Gasteiger partial charge in [0.1, 0.15) is 0 Å². The molecule has 1 aromatic carbocycles. The summed E-state index contributed by atoms with van der Waals surface area (Å²) >= 11 is 0. The molecule has 1 aliphatic heterocycles. The number of nitrogens with one attached hydrogen (secondary N) is 1. The topological polar surface area (TPSA) is 91.7 Å². The maximum atomic E-state index is 12.2. The molecule has 4 rings (SSSR count). The first-order valence-electron chi connectivity index (χ1n) is 10.1. The second kappa shape index (κ2) is 6.26. The van der Waals surface area contributed by atoms with E-state index in [9.17, 15) is 20.1 Å². The molecule has 2 saturated carbocycles. The number of para-hydroxylation sites is 1. The van der Waals surface area contributed by atoms with Crippen LogP contribution in [0, 0.1) is 22.7 Å². The molecule has 0 saturated heterocycles. The zero-order chi connectivity index (χ0) is 20.3. The summed E-state index contributed by atoms with van der Waals surface area (Å²) in [5.41, 5.74) is 0.208. The van der Waals surface area contributed by atoms with E-state index >= 15 is 0 Å². The van der Waals surface area contributed by atoms with E-state index in [4.69, 9.17) is 0 Å². The summed E-state index contributed by atoms with van der Waals surface area (Å²) in [6.45, 7) is 8.15. The Balaban J connectivity index is 1.73. The Kier molecular flexibility index (Phi) is 4.32. The van der Waals surface area contributed by atoms with Gasteiger partial charge in [0.15, 0.2) is 11.8 Å². The van der Waals surface area contributed by atoms with Crippen LogP contribution in [0.1, 0.15) is 51.5 Å². The Morgan fingerprint density at radius 3 is 2.71 bits per heavy atom. The predicted molar refractivity (Wildman–Crippen MR) is 106 cm³/mol. The van der Waals surface area contributed by atoms with Crippen LogP contribution in [0.15, 0.2) is 36.4 Å². The van der Waals surface area contributed by atoms with Crippen molar-refractivity contribution in [3.05, 3.63) is 42.0 Å². The lowest BCUT2D eigenvalue weighted by atomic mass is 9.45. The molecule has 0 aromatic heterocycles. The van der Waals surface area contributed by atoms with Crippen molar-refractivity contribution >= 4 is 17.9 Å². The Labute approximate surface area is 165 Å². The molecule has 4 N–H and O–H groups in total. The molecule has 1 heterocycles. The molecular formula is C23H30NO4+. The van der Waals surface area contributed by atoms with Gasteiger partial charge in [-0.15, -0.1) is 0 Å². The highest BCUT2D eigenvalue weighted by Crippen LogP contribution is 2.62. The maximum Gasteiger partial charge on any atom is 0.312 e. The Bertz CT molecular complexity index is 864. The van der Waals surface area contributed by atoms with Crippen molar-refractivity contribution in [1.29, 1.82) is 0 Å². The minimum Gasteiger partial charge on any atom is -0.481 e. The number of benzene rings is 1. The summed E-state index contributed by atoms with van der Waals surface area (Å²) in [5.74, 6) is -1.11. The standard InChI is InChI=1S/C23H29NO4/c1-14-8-9-18-21(2,11-10-19(25)22(18,3)20(26)27)16(14)12-23(28)13-24-17-7-5-4-6-15(17)23/h4-7,13,16,18-19,25,28H,1,8-12H2,2-3H3,(H,26,27)/p+1/t16-,18+,19-,21+,22-,23?/m0/s1. The van der Waals surface area contributed by atoms with Crippen LogP contribution in [-0.2, 0) is 10.4 Å². The minimum atomic E-state index is -1.18. The van der Waals surface area contributed by atoms with Crippen LogP contribution in [0.25, 0.3) is 0 Å². The smallest absolute Gasteiger partial charge is 0.312 e. The van der Waals surface area contributed by atoms with E-state index in [1.54, 1.807) is 13.1 Å². The molecule has 2 fully saturated rings. The highest BCUT2D eigenvalue weighted by atomic mass is 16.4. The van der Waals surface area contributed by atoms with Gasteiger partial charge in [0.25, 0.3) is 0 Å². The summed E-state index contributed by atoms with van der Waals surface area (Å²) in [6.07, 6.45) is 3.99. The van der Waals surface area contributed by atoms with Crippen molar-refractivity contribution in [3.8, 4) is 0 Å². The third-order valence-electron chi connectivity index (χ3n) is 8.05. The summed E-state index contributed by atoms with van der Waals surface area (Å²) in [4.78, 5) is 15.4. The number of fused-ring (bicyclic) bond motifs is 2. The van der Waals surface area contributed by atoms with E-state index in [-0.39, 0.29) is 17.3 Å². The van der Waals surface area contributed by atoms with E-state index in [1.165, 1.54) is 0 Å². The van der Waals surface area contributed by atoms with Gasteiger partial charge in [-0.2, -0.15) is 0 Å². The normalized spacial score (nSPS) is 42.1. The Morgan fingerprint density at radius 2 is 2.00 bits per heavy atom. The second-order valence-electron chi connectivity index (χ2n) is 9.41. The SMILES string of the molecule is C=C1CC[C@@H]2[C@](C)(CC[C@H](O)[C@@]2(C)C(=O)O)[C@H]1CC1(O)C=[NH+]c2ccccc21. The highest BCUT2D eigenvalue weighted by molar-refractivity contribution is 5.76. The van der Waals surface area contributed by atoms with Gasteiger partial charge in [-0.25, -0.2) is 4.99 Å². The molecule has 3 aliphatic rings. The quantitative estimate of drug-likeness (QED) is 0.599. The Hall–Kier alpha value is -1.98. The van der Waals surface area contributed by atoms with Crippen LogP contribution < -0.4 is 4.99 Å². The van der Waals surface area contributed by atoms with Gasteiger partial charge in [-0.1, -0.05) is 31.2 Å². The van der Waals surface area contributed by atoms with Crippen LogP contribution in [-0.4, -0.2) is 33.6 Å². The Morgan fingerprint density at radius 1 is 1.29 bits per heavy atom. The molecule has 1 unspecified atom stereocenters. The molecular weight excluding hydrogens is 354 g/mol. The first-order chi connectivity index (χ1) is 13.1. The number of rotatable bonds is 3. The van der Waals surface area contributed by atoms with Crippen LogP contribution in [0.2, 0.25) is 0 Å². The van der Waals surface area contributed by atoms with Gasteiger partial charge in [0.2, 0.25) is 5.69 Å². The van der Waals surface area contributed by atoms with E-state index < -0.39 is 23.1 Å². The first-order valence-corrected chi connectivity index (χ1v) is 10.1. The third-order valence-corrected chi connectivity index (χ3v) is 8.05. The molecule has 1 aromatic rings. The number of hydrogen-bond acceptors (Lipinski definition) is 3. The predicted octanol–water partition coefficient (Wildman–Crippen LogP) is 1.90. The van der Waals surface area contributed by atoms with Gasteiger partial charge in [0.05, 0.1) is 17.1 Å². The largest absolute Gasteiger partial charge is 0.481 e. The zero-order valence-corrected chi connectivity index (χ0v) is 16.6. The number of allylic oxidation sites excluding steroid dienone is 1. The van der Waals surface area contributed by atoms with Crippen LogP contribution >= 0.6 is 0 Å². The highest BCUT2D eigenvalue weighted by Gasteiger charge is 2.62. The van der Waals surface area contributed by atoms with E-state index in [0.717, 1.165) is 29.7 Å². The number of carboxylic acid groups (broad SMARTS) is 1.